The predicted octanol–water partition coefficient (Wildman–Crippen LogP) is 4.95. The predicted molar refractivity (Wildman–Crippen MR) is 112 cm³/mol. The van der Waals surface area contributed by atoms with E-state index in [1.165, 1.54) is 34.2 Å². The lowest BCUT2D eigenvalue weighted by Crippen LogP contribution is -2.23. The summed E-state index contributed by atoms with van der Waals surface area (Å²) < 4.78 is 1.70. The molecule has 1 atom stereocenters. The van der Waals surface area contributed by atoms with Gasteiger partial charge in [0.25, 0.3) is 5.56 Å². The summed E-state index contributed by atoms with van der Waals surface area (Å²) >= 11 is 3.00. The van der Waals surface area contributed by atoms with Crippen LogP contribution in [0.2, 0.25) is 0 Å². The SMILES string of the molecule is Cc1ccc(-n2c(S[C@@H](C)C#N)nc3sc4c(c3c2=O)CCCC4)cc1C. The molecule has 27 heavy (non-hydrogen) atoms. The summed E-state index contributed by atoms with van der Waals surface area (Å²) in [7, 11) is 0. The maximum atomic E-state index is 13.6. The fourth-order valence-electron chi connectivity index (χ4n) is 3.54. The number of aryl methyl sites for hydroxylation is 4. The largest absolute Gasteiger partial charge is 0.268 e. The highest BCUT2D eigenvalue weighted by molar-refractivity contribution is 8.00. The first-order valence-corrected chi connectivity index (χ1v) is 10.9. The summed E-state index contributed by atoms with van der Waals surface area (Å²) in [5.74, 6) is 0. The number of aromatic nitrogens is 2. The second kappa shape index (κ2) is 7.14. The highest BCUT2D eigenvalue weighted by atomic mass is 32.2. The Morgan fingerprint density at radius 3 is 2.78 bits per heavy atom. The van der Waals surface area contributed by atoms with E-state index in [2.05, 4.69) is 13.0 Å². The summed E-state index contributed by atoms with van der Waals surface area (Å²) in [6, 6.07) is 8.28. The second-order valence-electron chi connectivity index (χ2n) is 7.08. The van der Waals surface area contributed by atoms with Crippen LogP contribution in [0.4, 0.5) is 0 Å². The zero-order valence-electron chi connectivity index (χ0n) is 15.7. The van der Waals surface area contributed by atoms with Gasteiger partial charge in [0.15, 0.2) is 5.16 Å². The van der Waals surface area contributed by atoms with Gasteiger partial charge in [-0.1, -0.05) is 17.8 Å². The highest BCUT2D eigenvalue weighted by Gasteiger charge is 2.23. The molecule has 1 aliphatic carbocycles. The standard InChI is InChI=1S/C21H21N3OS2/c1-12-8-9-15(10-13(12)2)24-20(25)18-16-6-4-5-7-17(16)27-19(18)23-21(24)26-14(3)11-22/h8-10,14H,4-7H2,1-3H3/t14-/m0/s1. The molecule has 138 valence electrons. The van der Waals surface area contributed by atoms with Gasteiger partial charge in [-0.3, -0.25) is 9.36 Å². The Morgan fingerprint density at radius 1 is 1.26 bits per heavy atom. The van der Waals surface area contributed by atoms with Crippen LogP contribution in [-0.4, -0.2) is 14.8 Å². The lowest BCUT2D eigenvalue weighted by molar-refractivity contribution is 0.699. The number of nitrogens with zero attached hydrogens (tertiary/aromatic N) is 3. The molecule has 0 aliphatic heterocycles. The molecule has 0 fully saturated rings. The molecule has 0 saturated carbocycles. The minimum Gasteiger partial charge on any atom is -0.268 e. The molecule has 1 aliphatic rings. The third-order valence-corrected chi connectivity index (χ3v) is 7.30. The first-order valence-electron chi connectivity index (χ1n) is 9.21. The van der Waals surface area contributed by atoms with Gasteiger partial charge in [-0.05, 0) is 75.3 Å². The minimum absolute atomic E-state index is 0.00436. The molecule has 4 rings (SSSR count). The molecule has 0 unspecified atom stereocenters. The van der Waals surface area contributed by atoms with Gasteiger partial charge < -0.3 is 0 Å². The highest BCUT2D eigenvalue weighted by Crippen LogP contribution is 2.35. The van der Waals surface area contributed by atoms with Crippen LogP contribution in [0.5, 0.6) is 0 Å². The second-order valence-corrected chi connectivity index (χ2v) is 9.48. The number of fused-ring (bicyclic) bond motifs is 3. The van der Waals surface area contributed by atoms with E-state index in [4.69, 9.17) is 4.98 Å². The van der Waals surface area contributed by atoms with Gasteiger partial charge in [0, 0.05) is 4.88 Å². The van der Waals surface area contributed by atoms with E-state index in [9.17, 15) is 10.1 Å². The Morgan fingerprint density at radius 2 is 2.04 bits per heavy atom. The van der Waals surface area contributed by atoms with Crippen molar-refractivity contribution < 1.29 is 0 Å². The molecule has 0 radical (unpaired) electrons. The monoisotopic (exact) mass is 395 g/mol. The van der Waals surface area contributed by atoms with Crippen molar-refractivity contribution >= 4 is 33.3 Å². The number of thioether (sulfide) groups is 1. The van der Waals surface area contributed by atoms with Crippen molar-refractivity contribution in [1.82, 2.24) is 9.55 Å². The third-order valence-electron chi connectivity index (χ3n) is 5.17. The van der Waals surface area contributed by atoms with Gasteiger partial charge in [0.2, 0.25) is 0 Å². The number of thiophene rings is 1. The summed E-state index contributed by atoms with van der Waals surface area (Å²) in [6.45, 7) is 5.95. The fourth-order valence-corrected chi connectivity index (χ4v) is 5.66. The summed E-state index contributed by atoms with van der Waals surface area (Å²) in [5, 5.41) is 10.4. The van der Waals surface area contributed by atoms with E-state index in [0.717, 1.165) is 40.7 Å². The molecule has 2 aromatic heterocycles. The third kappa shape index (κ3) is 3.19. The van der Waals surface area contributed by atoms with Gasteiger partial charge in [0.1, 0.15) is 4.83 Å². The molecule has 0 bridgehead atoms. The van der Waals surface area contributed by atoms with Crippen LogP contribution in [0.25, 0.3) is 15.9 Å². The molecule has 0 spiro atoms. The van der Waals surface area contributed by atoms with Crippen LogP contribution >= 0.6 is 23.1 Å². The molecule has 3 aromatic rings. The Labute approximate surface area is 166 Å². The van der Waals surface area contributed by atoms with Gasteiger partial charge in [-0.25, -0.2) is 4.98 Å². The van der Waals surface area contributed by atoms with Crippen molar-refractivity contribution in [2.75, 3.05) is 0 Å². The maximum Gasteiger partial charge on any atom is 0.267 e. The van der Waals surface area contributed by atoms with Gasteiger partial charge in [-0.2, -0.15) is 5.26 Å². The van der Waals surface area contributed by atoms with Crippen LogP contribution in [0.3, 0.4) is 0 Å². The zero-order valence-corrected chi connectivity index (χ0v) is 17.3. The van der Waals surface area contributed by atoms with E-state index < -0.39 is 0 Å². The Balaban J connectivity index is 2.02. The summed E-state index contributed by atoms with van der Waals surface area (Å²) in [5.41, 5.74) is 4.34. The molecule has 0 saturated heterocycles. The van der Waals surface area contributed by atoms with Crippen LogP contribution in [-0.2, 0) is 12.8 Å². The molecule has 4 nitrogen and oxygen atoms in total. The van der Waals surface area contributed by atoms with E-state index in [0.29, 0.717) is 5.16 Å². The number of hydrogen-bond donors (Lipinski definition) is 0. The summed E-state index contributed by atoms with van der Waals surface area (Å²) in [6.07, 6.45) is 4.30. The smallest absolute Gasteiger partial charge is 0.267 e. The molecule has 0 amide bonds. The maximum absolute atomic E-state index is 13.6. The van der Waals surface area contributed by atoms with Gasteiger partial charge in [0.05, 0.1) is 22.4 Å². The Hall–Kier alpha value is -2.10. The molecular weight excluding hydrogens is 374 g/mol. The number of rotatable bonds is 3. The van der Waals surface area contributed by atoms with Crippen LogP contribution in [0, 0.1) is 25.2 Å². The van der Waals surface area contributed by atoms with E-state index in [1.54, 1.807) is 15.9 Å². The first kappa shape index (κ1) is 18.3. The average molecular weight is 396 g/mol. The lowest BCUT2D eigenvalue weighted by atomic mass is 9.97. The number of hydrogen-bond acceptors (Lipinski definition) is 5. The Bertz CT molecular complexity index is 1140. The fraction of sp³-hybridized carbons (Fsp3) is 0.381. The van der Waals surface area contributed by atoms with Crippen molar-refractivity contribution in [1.29, 1.82) is 5.26 Å². The van der Waals surface area contributed by atoms with Crippen molar-refractivity contribution in [3.8, 4) is 11.8 Å². The van der Waals surface area contributed by atoms with Crippen LogP contribution in [0.1, 0.15) is 41.3 Å². The molecule has 1 aromatic carbocycles. The number of benzene rings is 1. The topological polar surface area (TPSA) is 58.7 Å². The van der Waals surface area contributed by atoms with Crippen molar-refractivity contribution in [2.24, 2.45) is 0 Å². The number of nitriles is 1. The molecule has 0 N–H and O–H groups in total. The van der Waals surface area contributed by atoms with E-state index >= 15 is 0 Å². The van der Waals surface area contributed by atoms with Crippen molar-refractivity contribution in [3.63, 3.8) is 0 Å². The van der Waals surface area contributed by atoms with Gasteiger partial charge >= 0.3 is 0 Å². The first-order chi connectivity index (χ1) is 13.0. The van der Waals surface area contributed by atoms with E-state index in [-0.39, 0.29) is 10.8 Å². The minimum atomic E-state index is -0.276. The normalized spacial score (nSPS) is 14.7. The van der Waals surface area contributed by atoms with Crippen molar-refractivity contribution in [3.05, 3.63) is 50.1 Å². The summed E-state index contributed by atoms with van der Waals surface area (Å²) in [4.78, 5) is 20.6. The van der Waals surface area contributed by atoms with Crippen molar-refractivity contribution in [2.45, 2.75) is 56.9 Å². The Kier molecular flexibility index (Phi) is 4.83. The van der Waals surface area contributed by atoms with E-state index in [1.807, 2.05) is 32.0 Å². The average Bonchev–Trinajstić information content (AvgIpc) is 3.03. The van der Waals surface area contributed by atoms with Gasteiger partial charge in [-0.15, -0.1) is 11.3 Å². The molecule has 6 heteroatoms. The van der Waals surface area contributed by atoms with Crippen LogP contribution in [0.15, 0.2) is 28.2 Å². The molecular formula is C21H21N3OS2. The zero-order chi connectivity index (χ0) is 19.1. The quantitative estimate of drug-likeness (QED) is 0.465. The van der Waals surface area contributed by atoms with Crippen LogP contribution < -0.4 is 5.56 Å². The lowest BCUT2D eigenvalue weighted by Gasteiger charge is -2.15. The molecule has 2 heterocycles.